The van der Waals surface area contributed by atoms with E-state index in [0.29, 0.717) is 12.1 Å². The molecule has 0 saturated carbocycles. The Labute approximate surface area is 111 Å². The van der Waals surface area contributed by atoms with E-state index in [4.69, 9.17) is 10.8 Å². The number of hydrogen-bond acceptors (Lipinski definition) is 4. The Kier molecular flexibility index (Phi) is 6.01. The largest absolute Gasteiger partial charge is 0.480 e. The summed E-state index contributed by atoms with van der Waals surface area (Å²) in [6.45, 7) is 2.00. The summed E-state index contributed by atoms with van der Waals surface area (Å²) >= 11 is 0. The fraction of sp³-hybridized carbons (Fsp3) is 0.583. The molecule has 0 aromatic carbocycles. The summed E-state index contributed by atoms with van der Waals surface area (Å²) in [4.78, 5) is 29.5. The number of carbonyl (C=O) groups is 2. The van der Waals surface area contributed by atoms with Crippen molar-refractivity contribution >= 4 is 11.9 Å². The van der Waals surface area contributed by atoms with Crippen molar-refractivity contribution in [2.24, 2.45) is 5.73 Å². The number of carboxylic acid groups (broad SMARTS) is 1. The van der Waals surface area contributed by atoms with Crippen molar-refractivity contribution in [2.75, 3.05) is 0 Å². The first-order chi connectivity index (χ1) is 9.04. The summed E-state index contributed by atoms with van der Waals surface area (Å²) in [5.74, 6) is -1.52. The summed E-state index contributed by atoms with van der Waals surface area (Å²) < 4.78 is 0. The summed E-state index contributed by atoms with van der Waals surface area (Å²) in [6.07, 6.45) is 5.48. The van der Waals surface area contributed by atoms with Gasteiger partial charge in [0.1, 0.15) is 6.04 Å². The van der Waals surface area contributed by atoms with Gasteiger partial charge in [-0.3, -0.25) is 4.79 Å². The van der Waals surface area contributed by atoms with Crippen molar-refractivity contribution in [3.63, 3.8) is 0 Å². The minimum Gasteiger partial charge on any atom is -0.480 e. The number of H-pyrrole nitrogens is 1. The first kappa shape index (κ1) is 15.2. The average Bonchev–Trinajstić information content (AvgIpc) is 2.87. The first-order valence-electron chi connectivity index (χ1n) is 6.30. The number of aliphatic carboxylic acids is 1. The number of unbranched alkanes of at least 4 members (excludes halogenated alkanes) is 1. The fourth-order valence-electron chi connectivity index (χ4n) is 1.65. The smallest absolute Gasteiger partial charge is 0.326 e. The monoisotopic (exact) mass is 268 g/mol. The normalized spacial score (nSPS) is 13.8. The van der Waals surface area contributed by atoms with E-state index in [2.05, 4.69) is 15.3 Å². The van der Waals surface area contributed by atoms with Gasteiger partial charge < -0.3 is 21.1 Å². The number of nitrogens with two attached hydrogens (primary N) is 1. The Hall–Kier alpha value is -1.89. The number of aromatic amines is 1. The van der Waals surface area contributed by atoms with Gasteiger partial charge in [0.05, 0.1) is 12.4 Å². The van der Waals surface area contributed by atoms with Gasteiger partial charge in [0.2, 0.25) is 5.91 Å². The SMILES string of the molecule is CCCC[C@H](N)C(=O)N[C@@H](Cc1cnc[nH]1)C(=O)O. The number of rotatable bonds is 8. The molecule has 0 aliphatic carbocycles. The molecule has 0 bridgehead atoms. The van der Waals surface area contributed by atoms with Crippen LogP contribution in [-0.2, 0) is 16.0 Å². The lowest BCUT2D eigenvalue weighted by atomic mass is 10.1. The van der Waals surface area contributed by atoms with E-state index in [9.17, 15) is 9.59 Å². The summed E-state index contributed by atoms with van der Waals surface area (Å²) in [6, 6.07) is -1.66. The summed E-state index contributed by atoms with van der Waals surface area (Å²) in [5, 5.41) is 11.5. The fourth-order valence-corrected chi connectivity index (χ4v) is 1.65. The lowest BCUT2D eigenvalue weighted by Gasteiger charge is -2.17. The van der Waals surface area contributed by atoms with Gasteiger partial charge in [0, 0.05) is 18.3 Å². The molecule has 1 rings (SSSR count). The lowest BCUT2D eigenvalue weighted by Crippen LogP contribution is -2.49. The highest BCUT2D eigenvalue weighted by molar-refractivity contribution is 5.86. The van der Waals surface area contributed by atoms with Crippen LogP contribution in [0.25, 0.3) is 0 Å². The number of imidazole rings is 1. The molecular weight excluding hydrogens is 248 g/mol. The molecule has 1 amide bonds. The van der Waals surface area contributed by atoms with Crippen LogP contribution in [0.5, 0.6) is 0 Å². The maximum Gasteiger partial charge on any atom is 0.326 e. The predicted octanol–water partition coefficient (Wildman–Crippen LogP) is 0.0391. The van der Waals surface area contributed by atoms with Gasteiger partial charge in [-0.1, -0.05) is 19.8 Å². The summed E-state index contributed by atoms with van der Waals surface area (Å²) in [7, 11) is 0. The van der Waals surface area contributed by atoms with Crippen LogP contribution in [0.2, 0.25) is 0 Å². The van der Waals surface area contributed by atoms with Crippen LogP contribution in [0, 0.1) is 0 Å². The van der Waals surface area contributed by atoms with Gasteiger partial charge >= 0.3 is 5.97 Å². The molecule has 7 heteroatoms. The molecule has 19 heavy (non-hydrogen) atoms. The number of nitrogens with zero attached hydrogens (tertiary/aromatic N) is 1. The van der Waals surface area contributed by atoms with Crippen molar-refractivity contribution in [1.82, 2.24) is 15.3 Å². The van der Waals surface area contributed by atoms with Gasteiger partial charge in [-0.2, -0.15) is 0 Å². The highest BCUT2D eigenvalue weighted by Gasteiger charge is 2.23. The highest BCUT2D eigenvalue weighted by Crippen LogP contribution is 2.02. The van der Waals surface area contributed by atoms with E-state index in [1.165, 1.54) is 12.5 Å². The Morgan fingerprint density at radius 2 is 2.32 bits per heavy atom. The van der Waals surface area contributed by atoms with Gasteiger partial charge in [-0.15, -0.1) is 0 Å². The van der Waals surface area contributed by atoms with Crippen LogP contribution in [0.15, 0.2) is 12.5 Å². The third-order valence-corrected chi connectivity index (χ3v) is 2.80. The Bertz CT molecular complexity index is 405. The minimum absolute atomic E-state index is 0.154. The number of carboxylic acids is 1. The Morgan fingerprint density at radius 1 is 1.58 bits per heavy atom. The number of aromatic nitrogens is 2. The van der Waals surface area contributed by atoms with Crippen LogP contribution in [0.1, 0.15) is 31.9 Å². The van der Waals surface area contributed by atoms with E-state index in [0.717, 1.165) is 12.8 Å². The molecule has 0 spiro atoms. The van der Waals surface area contributed by atoms with Crippen LogP contribution >= 0.6 is 0 Å². The van der Waals surface area contributed by atoms with Gasteiger partial charge in [0.15, 0.2) is 0 Å². The zero-order chi connectivity index (χ0) is 14.3. The van der Waals surface area contributed by atoms with E-state index in [1.54, 1.807) is 0 Å². The lowest BCUT2D eigenvalue weighted by molar-refractivity contribution is -0.142. The highest BCUT2D eigenvalue weighted by atomic mass is 16.4. The van der Waals surface area contributed by atoms with Crippen LogP contribution in [-0.4, -0.2) is 39.0 Å². The van der Waals surface area contributed by atoms with E-state index in [1.807, 2.05) is 6.92 Å². The second-order valence-corrected chi connectivity index (χ2v) is 4.43. The molecule has 0 aliphatic rings. The predicted molar refractivity (Wildman–Crippen MR) is 69.4 cm³/mol. The second-order valence-electron chi connectivity index (χ2n) is 4.43. The molecule has 1 heterocycles. The minimum atomic E-state index is -1.09. The van der Waals surface area contributed by atoms with E-state index in [-0.39, 0.29) is 6.42 Å². The van der Waals surface area contributed by atoms with Crippen molar-refractivity contribution in [2.45, 2.75) is 44.7 Å². The molecular formula is C12H20N4O3. The number of nitrogens with one attached hydrogen (secondary N) is 2. The number of hydrogen-bond donors (Lipinski definition) is 4. The molecule has 0 aliphatic heterocycles. The van der Waals surface area contributed by atoms with Crippen molar-refractivity contribution < 1.29 is 14.7 Å². The molecule has 0 saturated heterocycles. The maximum absolute atomic E-state index is 11.8. The quantitative estimate of drug-likeness (QED) is 0.530. The topological polar surface area (TPSA) is 121 Å². The maximum atomic E-state index is 11.8. The van der Waals surface area contributed by atoms with Crippen molar-refractivity contribution in [3.8, 4) is 0 Å². The van der Waals surface area contributed by atoms with Crippen LogP contribution in [0.3, 0.4) is 0 Å². The van der Waals surface area contributed by atoms with E-state index >= 15 is 0 Å². The molecule has 0 radical (unpaired) electrons. The van der Waals surface area contributed by atoms with Crippen molar-refractivity contribution in [1.29, 1.82) is 0 Å². The molecule has 106 valence electrons. The Balaban J connectivity index is 2.53. The molecule has 5 N–H and O–H groups in total. The molecule has 7 nitrogen and oxygen atoms in total. The zero-order valence-corrected chi connectivity index (χ0v) is 10.9. The van der Waals surface area contributed by atoms with Gasteiger partial charge in [0.25, 0.3) is 0 Å². The Morgan fingerprint density at radius 3 is 2.84 bits per heavy atom. The third kappa shape index (κ3) is 5.09. The van der Waals surface area contributed by atoms with E-state index < -0.39 is 24.0 Å². The van der Waals surface area contributed by atoms with Crippen LogP contribution < -0.4 is 11.1 Å². The molecule has 0 fully saturated rings. The molecule has 2 atom stereocenters. The molecule has 0 unspecified atom stereocenters. The number of amides is 1. The van der Waals surface area contributed by atoms with Gasteiger partial charge in [-0.25, -0.2) is 9.78 Å². The third-order valence-electron chi connectivity index (χ3n) is 2.80. The number of carbonyl (C=O) groups excluding carboxylic acids is 1. The zero-order valence-electron chi connectivity index (χ0n) is 10.9. The van der Waals surface area contributed by atoms with Crippen LogP contribution in [0.4, 0.5) is 0 Å². The molecule has 1 aromatic rings. The van der Waals surface area contributed by atoms with Crippen molar-refractivity contribution in [3.05, 3.63) is 18.2 Å². The summed E-state index contributed by atoms with van der Waals surface area (Å²) in [5.41, 5.74) is 6.35. The average molecular weight is 268 g/mol. The standard InChI is InChI=1S/C12H20N4O3/c1-2-3-4-9(13)11(17)16-10(12(18)19)5-8-6-14-7-15-8/h6-7,9-10H,2-5,13H2,1H3,(H,14,15)(H,16,17)(H,18,19)/t9-,10-/m0/s1. The second kappa shape index (κ2) is 7.52. The first-order valence-corrected chi connectivity index (χ1v) is 6.30. The molecule has 1 aromatic heterocycles. The van der Waals surface area contributed by atoms with Gasteiger partial charge in [-0.05, 0) is 6.42 Å².